The number of aryl methyl sites for hydroxylation is 1. The van der Waals surface area contributed by atoms with Gasteiger partial charge in [0.2, 0.25) is 0 Å². The van der Waals surface area contributed by atoms with E-state index in [-0.39, 0.29) is 0 Å². The van der Waals surface area contributed by atoms with Crippen LogP contribution in [0.25, 0.3) is 0 Å². The summed E-state index contributed by atoms with van der Waals surface area (Å²) in [6.07, 6.45) is 3.87. The molecule has 1 N–H and O–H groups in total. The highest BCUT2D eigenvalue weighted by Crippen LogP contribution is 2.19. The second-order valence-electron chi connectivity index (χ2n) is 4.69. The molecular formula is C13H22N2. The summed E-state index contributed by atoms with van der Waals surface area (Å²) in [6, 6.07) is 3.23. The van der Waals surface area contributed by atoms with Gasteiger partial charge in [-0.2, -0.15) is 0 Å². The summed E-state index contributed by atoms with van der Waals surface area (Å²) in [5.74, 6) is 0.500. The zero-order chi connectivity index (χ0) is 11.4. The van der Waals surface area contributed by atoms with Gasteiger partial charge in [0.05, 0.1) is 0 Å². The summed E-state index contributed by atoms with van der Waals surface area (Å²) < 4.78 is 0. The summed E-state index contributed by atoms with van der Waals surface area (Å²) in [5, 5.41) is 3.53. The fraction of sp³-hybridized carbons (Fsp3) is 0.615. The minimum atomic E-state index is 0.480. The average molecular weight is 206 g/mol. The minimum Gasteiger partial charge on any atom is -0.311 e. The first-order chi connectivity index (χ1) is 7.00. The van der Waals surface area contributed by atoms with Crippen molar-refractivity contribution in [3.05, 3.63) is 29.6 Å². The van der Waals surface area contributed by atoms with Crippen LogP contribution in [0.15, 0.2) is 18.5 Å². The van der Waals surface area contributed by atoms with E-state index in [4.69, 9.17) is 0 Å². The van der Waals surface area contributed by atoms with Crippen LogP contribution in [0.1, 0.15) is 44.7 Å². The number of nitrogens with zero attached hydrogens (tertiary/aromatic N) is 1. The molecule has 1 aromatic heterocycles. The van der Waals surface area contributed by atoms with E-state index in [1.165, 1.54) is 11.1 Å². The lowest BCUT2D eigenvalue weighted by molar-refractivity contribution is 0.439. The van der Waals surface area contributed by atoms with Crippen LogP contribution >= 0.6 is 0 Å². The van der Waals surface area contributed by atoms with Crippen molar-refractivity contribution in [2.45, 2.75) is 52.6 Å². The molecule has 0 aliphatic carbocycles. The van der Waals surface area contributed by atoms with E-state index in [1.54, 1.807) is 0 Å². The molecule has 0 fully saturated rings. The van der Waals surface area contributed by atoms with Crippen LogP contribution in [0.3, 0.4) is 0 Å². The molecule has 15 heavy (non-hydrogen) atoms. The van der Waals surface area contributed by atoms with Crippen LogP contribution in [0.5, 0.6) is 0 Å². The Kier molecular flexibility index (Phi) is 4.28. The molecule has 0 spiro atoms. The van der Waals surface area contributed by atoms with Crippen LogP contribution in [0, 0.1) is 6.92 Å². The summed E-state index contributed by atoms with van der Waals surface area (Å²) in [5.41, 5.74) is 2.55. The Morgan fingerprint density at radius 3 is 2.33 bits per heavy atom. The van der Waals surface area contributed by atoms with Gasteiger partial charge in [-0.05, 0) is 30.9 Å². The van der Waals surface area contributed by atoms with Crippen molar-refractivity contribution >= 4 is 0 Å². The first-order valence-electron chi connectivity index (χ1n) is 5.68. The Bertz CT molecular complexity index is 307. The van der Waals surface area contributed by atoms with Crippen LogP contribution in [0.2, 0.25) is 0 Å². The lowest BCUT2D eigenvalue weighted by Crippen LogP contribution is -2.36. The van der Waals surface area contributed by atoms with E-state index in [0.29, 0.717) is 18.0 Å². The van der Waals surface area contributed by atoms with Gasteiger partial charge in [0.15, 0.2) is 0 Å². The van der Waals surface area contributed by atoms with Crippen molar-refractivity contribution in [1.82, 2.24) is 10.3 Å². The monoisotopic (exact) mass is 206 g/mol. The highest BCUT2D eigenvalue weighted by atomic mass is 14.9. The second kappa shape index (κ2) is 5.26. The van der Waals surface area contributed by atoms with Crippen LogP contribution in [-0.4, -0.2) is 17.1 Å². The number of nitrogens with one attached hydrogen (secondary N) is 1. The summed E-state index contributed by atoms with van der Waals surface area (Å²) in [4.78, 5) is 4.24. The van der Waals surface area contributed by atoms with Gasteiger partial charge in [0.25, 0.3) is 0 Å². The van der Waals surface area contributed by atoms with Gasteiger partial charge in [-0.1, -0.05) is 26.8 Å². The second-order valence-corrected chi connectivity index (χ2v) is 4.69. The normalized spacial score (nSPS) is 15.3. The number of hydrogen-bond acceptors (Lipinski definition) is 2. The Labute approximate surface area is 93.1 Å². The molecule has 0 aliphatic rings. The lowest BCUT2D eigenvalue weighted by atomic mass is 9.94. The molecule has 0 saturated carbocycles. The molecule has 2 nitrogen and oxygen atoms in total. The van der Waals surface area contributed by atoms with Crippen molar-refractivity contribution in [2.24, 2.45) is 0 Å². The number of hydrogen-bond donors (Lipinski definition) is 1. The quantitative estimate of drug-likeness (QED) is 0.819. The highest BCUT2D eigenvalue weighted by molar-refractivity contribution is 5.21. The third-order valence-electron chi connectivity index (χ3n) is 2.77. The molecule has 84 valence electrons. The largest absolute Gasteiger partial charge is 0.311 e. The number of aromatic nitrogens is 1. The molecule has 0 aliphatic heterocycles. The maximum absolute atomic E-state index is 4.24. The number of pyridine rings is 1. The maximum atomic E-state index is 4.24. The Balaban J connectivity index is 2.71. The lowest BCUT2D eigenvalue weighted by Gasteiger charge is -2.23. The van der Waals surface area contributed by atoms with Crippen LogP contribution in [0.4, 0.5) is 0 Å². The first-order valence-corrected chi connectivity index (χ1v) is 5.68. The fourth-order valence-electron chi connectivity index (χ4n) is 1.79. The predicted molar refractivity (Wildman–Crippen MR) is 65.1 cm³/mol. The summed E-state index contributed by atoms with van der Waals surface area (Å²) in [6.45, 7) is 10.9. The Morgan fingerprint density at radius 2 is 1.80 bits per heavy atom. The molecule has 2 heteroatoms. The molecule has 2 atom stereocenters. The third-order valence-corrected chi connectivity index (χ3v) is 2.77. The molecule has 1 heterocycles. The molecule has 0 saturated heterocycles. The summed E-state index contributed by atoms with van der Waals surface area (Å²) in [7, 11) is 0. The van der Waals surface area contributed by atoms with E-state index >= 15 is 0 Å². The van der Waals surface area contributed by atoms with Gasteiger partial charge >= 0.3 is 0 Å². The van der Waals surface area contributed by atoms with Crippen molar-refractivity contribution in [1.29, 1.82) is 0 Å². The smallest absolute Gasteiger partial charge is 0.0303 e. The van der Waals surface area contributed by atoms with Crippen molar-refractivity contribution in [2.75, 3.05) is 0 Å². The van der Waals surface area contributed by atoms with Gasteiger partial charge in [0, 0.05) is 24.5 Å². The molecule has 2 unspecified atom stereocenters. The molecule has 0 amide bonds. The van der Waals surface area contributed by atoms with Crippen molar-refractivity contribution in [3.63, 3.8) is 0 Å². The van der Waals surface area contributed by atoms with Crippen molar-refractivity contribution in [3.8, 4) is 0 Å². The molecule has 0 aromatic carbocycles. The predicted octanol–water partition coefficient (Wildman–Crippen LogP) is 2.88. The van der Waals surface area contributed by atoms with Crippen LogP contribution in [-0.2, 0) is 0 Å². The molecular weight excluding hydrogens is 184 g/mol. The van der Waals surface area contributed by atoms with E-state index in [9.17, 15) is 0 Å². The van der Waals surface area contributed by atoms with Gasteiger partial charge < -0.3 is 5.32 Å². The minimum absolute atomic E-state index is 0.480. The zero-order valence-corrected chi connectivity index (χ0v) is 10.4. The van der Waals surface area contributed by atoms with E-state index in [2.05, 4.69) is 51.0 Å². The first kappa shape index (κ1) is 12.2. The molecule has 0 bridgehead atoms. The molecule has 0 radical (unpaired) electrons. The van der Waals surface area contributed by atoms with E-state index in [1.807, 2.05) is 12.4 Å². The molecule has 1 aromatic rings. The summed E-state index contributed by atoms with van der Waals surface area (Å²) >= 11 is 0. The van der Waals surface area contributed by atoms with E-state index in [0.717, 1.165) is 0 Å². The standard InChI is InChI=1S/C13H22N2/c1-9(2)15-12(5)11(4)13-6-10(3)7-14-8-13/h6-9,11-12,15H,1-5H3. The fourth-order valence-corrected chi connectivity index (χ4v) is 1.79. The highest BCUT2D eigenvalue weighted by Gasteiger charge is 2.14. The van der Waals surface area contributed by atoms with Gasteiger partial charge in [-0.3, -0.25) is 4.98 Å². The zero-order valence-electron chi connectivity index (χ0n) is 10.4. The maximum Gasteiger partial charge on any atom is 0.0303 e. The number of rotatable bonds is 4. The van der Waals surface area contributed by atoms with Gasteiger partial charge in [-0.15, -0.1) is 0 Å². The Morgan fingerprint density at radius 1 is 1.13 bits per heavy atom. The topological polar surface area (TPSA) is 24.9 Å². The van der Waals surface area contributed by atoms with Crippen molar-refractivity contribution < 1.29 is 0 Å². The molecule has 1 rings (SSSR count). The SMILES string of the molecule is Cc1cncc(C(C)C(C)NC(C)C)c1. The Hall–Kier alpha value is -0.890. The third kappa shape index (κ3) is 3.63. The van der Waals surface area contributed by atoms with Gasteiger partial charge in [-0.25, -0.2) is 0 Å². The van der Waals surface area contributed by atoms with Gasteiger partial charge in [0.1, 0.15) is 0 Å². The van der Waals surface area contributed by atoms with Crippen LogP contribution < -0.4 is 5.32 Å². The van der Waals surface area contributed by atoms with E-state index < -0.39 is 0 Å². The average Bonchev–Trinajstić information content (AvgIpc) is 2.15.